The molecule has 15 heavy (non-hydrogen) atoms. The lowest BCUT2D eigenvalue weighted by atomic mass is 10.3. The molecule has 0 saturated carbocycles. The van der Waals surface area contributed by atoms with Crippen molar-refractivity contribution in [2.75, 3.05) is 17.6 Å². The zero-order valence-corrected chi connectivity index (χ0v) is 8.40. The first-order chi connectivity index (χ1) is 7.15. The van der Waals surface area contributed by atoms with Crippen molar-refractivity contribution in [3.8, 4) is 0 Å². The summed E-state index contributed by atoms with van der Waals surface area (Å²) < 4.78 is 5.38. The number of benzene rings is 1. The molecule has 0 aliphatic heterocycles. The topological polar surface area (TPSA) is 84.3 Å². The fourth-order valence-corrected chi connectivity index (χ4v) is 1.26. The lowest BCUT2D eigenvalue weighted by Crippen LogP contribution is -2.15. The quantitative estimate of drug-likeness (QED) is 0.658. The summed E-state index contributed by atoms with van der Waals surface area (Å²) in [6.07, 6.45) is -0.440. The van der Waals surface area contributed by atoms with Crippen molar-refractivity contribution in [3.63, 3.8) is 0 Å². The van der Waals surface area contributed by atoms with Gasteiger partial charge in [-0.2, -0.15) is 4.98 Å². The number of aliphatic hydroxyl groups excluding tert-OH is 1. The van der Waals surface area contributed by atoms with E-state index in [0.29, 0.717) is 29.3 Å². The van der Waals surface area contributed by atoms with Gasteiger partial charge in [0.1, 0.15) is 5.52 Å². The summed E-state index contributed by atoms with van der Waals surface area (Å²) in [5.74, 6) is 0. The molecule has 1 unspecified atom stereocenters. The predicted molar refractivity (Wildman–Crippen MR) is 58.6 cm³/mol. The lowest BCUT2D eigenvalue weighted by Gasteiger charge is -2.02. The van der Waals surface area contributed by atoms with E-state index in [9.17, 15) is 0 Å². The molecule has 2 aromatic rings. The second-order valence-corrected chi connectivity index (χ2v) is 3.48. The third kappa shape index (κ3) is 2.19. The number of nitrogens with zero attached hydrogens (tertiary/aromatic N) is 1. The van der Waals surface area contributed by atoms with Crippen LogP contribution in [0.1, 0.15) is 6.92 Å². The van der Waals surface area contributed by atoms with Crippen molar-refractivity contribution in [2.24, 2.45) is 0 Å². The van der Waals surface area contributed by atoms with Gasteiger partial charge in [-0.1, -0.05) is 0 Å². The average molecular weight is 207 g/mol. The monoisotopic (exact) mass is 207 g/mol. The maximum absolute atomic E-state index is 9.08. The molecule has 1 atom stereocenters. The van der Waals surface area contributed by atoms with Gasteiger partial charge in [0.25, 0.3) is 6.01 Å². The number of nitrogens with two attached hydrogens (primary N) is 1. The van der Waals surface area contributed by atoms with Crippen molar-refractivity contribution in [1.29, 1.82) is 0 Å². The summed E-state index contributed by atoms with van der Waals surface area (Å²) in [6, 6.07) is 5.67. The van der Waals surface area contributed by atoms with Gasteiger partial charge in [-0.3, -0.25) is 0 Å². The standard InChI is InChI=1S/C10H13N3O2/c1-6(14)5-12-10-13-8-4-7(11)2-3-9(8)15-10/h2-4,6,14H,5,11H2,1H3,(H,12,13). The molecule has 5 nitrogen and oxygen atoms in total. The van der Waals surface area contributed by atoms with Crippen LogP contribution in [0.15, 0.2) is 22.6 Å². The van der Waals surface area contributed by atoms with Gasteiger partial charge in [-0.05, 0) is 25.1 Å². The molecule has 1 aromatic carbocycles. The Morgan fingerprint density at radius 3 is 3.13 bits per heavy atom. The van der Waals surface area contributed by atoms with Crippen LogP contribution in [0, 0.1) is 0 Å². The summed E-state index contributed by atoms with van der Waals surface area (Å²) in [7, 11) is 0. The molecule has 0 aliphatic carbocycles. The Labute approximate surface area is 86.9 Å². The van der Waals surface area contributed by atoms with Crippen LogP contribution in [0.5, 0.6) is 0 Å². The van der Waals surface area contributed by atoms with Crippen LogP contribution in [0.25, 0.3) is 11.1 Å². The minimum Gasteiger partial charge on any atom is -0.424 e. The highest BCUT2D eigenvalue weighted by Gasteiger charge is 2.05. The Hall–Kier alpha value is -1.75. The average Bonchev–Trinajstić information content (AvgIpc) is 2.56. The molecule has 80 valence electrons. The second kappa shape index (κ2) is 3.78. The number of rotatable bonds is 3. The minimum atomic E-state index is -0.440. The van der Waals surface area contributed by atoms with Gasteiger partial charge in [0, 0.05) is 12.2 Å². The smallest absolute Gasteiger partial charge is 0.295 e. The van der Waals surface area contributed by atoms with Crippen LogP contribution < -0.4 is 11.1 Å². The van der Waals surface area contributed by atoms with E-state index in [2.05, 4.69) is 10.3 Å². The number of nitrogen functional groups attached to an aromatic ring is 1. The summed E-state index contributed by atoms with van der Waals surface area (Å²) in [5.41, 5.74) is 7.65. The zero-order chi connectivity index (χ0) is 10.8. The Kier molecular flexibility index (Phi) is 2.47. The van der Waals surface area contributed by atoms with E-state index in [4.69, 9.17) is 15.3 Å². The molecule has 1 aromatic heterocycles. The summed E-state index contributed by atoms with van der Waals surface area (Å²) in [5, 5.41) is 12.0. The molecule has 0 amide bonds. The first-order valence-corrected chi connectivity index (χ1v) is 4.73. The zero-order valence-electron chi connectivity index (χ0n) is 8.40. The first kappa shape index (κ1) is 9.79. The van der Waals surface area contributed by atoms with Gasteiger partial charge in [-0.15, -0.1) is 0 Å². The van der Waals surface area contributed by atoms with Crippen molar-refractivity contribution < 1.29 is 9.52 Å². The fraction of sp³-hybridized carbons (Fsp3) is 0.300. The van der Waals surface area contributed by atoms with Gasteiger partial charge in [0.15, 0.2) is 5.58 Å². The van der Waals surface area contributed by atoms with Crippen molar-refractivity contribution in [2.45, 2.75) is 13.0 Å². The number of oxazole rings is 1. The van der Waals surface area contributed by atoms with Gasteiger partial charge in [-0.25, -0.2) is 0 Å². The molecular weight excluding hydrogens is 194 g/mol. The molecule has 0 radical (unpaired) electrons. The van der Waals surface area contributed by atoms with Crippen molar-refractivity contribution in [3.05, 3.63) is 18.2 Å². The maximum Gasteiger partial charge on any atom is 0.295 e. The van der Waals surface area contributed by atoms with E-state index >= 15 is 0 Å². The maximum atomic E-state index is 9.08. The van der Waals surface area contributed by atoms with Crippen molar-refractivity contribution >= 4 is 22.8 Å². The summed E-state index contributed by atoms with van der Waals surface area (Å²) in [4.78, 5) is 4.18. The molecule has 0 fully saturated rings. The van der Waals surface area contributed by atoms with Crippen LogP contribution in [-0.2, 0) is 0 Å². The van der Waals surface area contributed by atoms with Crippen LogP contribution >= 0.6 is 0 Å². The largest absolute Gasteiger partial charge is 0.424 e. The van der Waals surface area contributed by atoms with Crippen LogP contribution in [0.3, 0.4) is 0 Å². The van der Waals surface area contributed by atoms with Crippen LogP contribution in [0.4, 0.5) is 11.7 Å². The Balaban J connectivity index is 2.23. The third-order valence-corrected chi connectivity index (χ3v) is 1.96. The highest BCUT2D eigenvalue weighted by molar-refractivity contribution is 5.78. The van der Waals surface area contributed by atoms with E-state index in [0.717, 1.165) is 0 Å². The van der Waals surface area contributed by atoms with Gasteiger partial charge in [0.2, 0.25) is 0 Å². The van der Waals surface area contributed by atoms with Gasteiger partial charge in [0.05, 0.1) is 6.10 Å². The number of aliphatic hydroxyl groups is 1. The van der Waals surface area contributed by atoms with Gasteiger partial charge >= 0.3 is 0 Å². The normalized spacial score (nSPS) is 12.9. The highest BCUT2D eigenvalue weighted by Crippen LogP contribution is 2.20. The molecule has 4 N–H and O–H groups in total. The Morgan fingerprint density at radius 2 is 2.40 bits per heavy atom. The lowest BCUT2D eigenvalue weighted by molar-refractivity contribution is 0.207. The molecule has 0 saturated heterocycles. The third-order valence-electron chi connectivity index (χ3n) is 1.96. The summed E-state index contributed by atoms with van der Waals surface area (Å²) in [6.45, 7) is 2.09. The molecule has 0 bridgehead atoms. The number of nitrogens with one attached hydrogen (secondary N) is 1. The number of fused-ring (bicyclic) bond motifs is 1. The number of aromatic nitrogens is 1. The number of hydrogen-bond donors (Lipinski definition) is 3. The van der Waals surface area contributed by atoms with E-state index in [1.165, 1.54) is 0 Å². The molecule has 5 heteroatoms. The van der Waals surface area contributed by atoms with Gasteiger partial charge < -0.3 is 20.6 Å². The molecule has 0 aliphatic rings. The predicted octanol–water partition coefficient (Wildman–Crippen LogP) is 1.20. The van der Waals surface area contributed by atoms with E-state index in [1.807, 2.05) is 0 Å². The number of hydrogen-bond acceptors (Lipinski definition) is 5. The number of anilines is 2. The Bertz CT molecular complexity index is 465. The highest BCUT2D eigenvalue weighted by atomic mass is 16.4. The first-order valence-electron chi connectivity index (χ1n) is 4.73. The second-order valence-electron chi connectivity index (χ2n) is 3.48. The Morgan fingerprint density at radius 1 is 1.60 bits per heavy atom. The van der Waals surface area contributed by atoms with Crippen molar-refractivity contribution in [1.82, 2.24) is 4.98 Å². The van der Waals surface area contributed by atoms with E-state index < -0.39 is 6.10 Å². The minimum absolute atomic E-state index is 0.400. The van der Waals surface area contributed by atoms with E-state index in [1.54, 1.807) is 25.1 Å². The summed E-state index contributed by atoms with van der Waals surface area (Å²) >= 11 is 0. The SMILES string of the molecule is CC(O)CNc1nc2cc(N)ccc2o1. The molecular formula is C10H13N3O2. The van der Waals surface area contributed by atoms with E-state index in [-0.39, 0.29) is 0 Å². The van der Waals surface area contributed by atoms with Crippen LogP contribution in [0.2, 0.25) is 0 Å². The van der Waals surface area contributed by atoms with Crippen LogP contribution in [-0.4, -0.2) is 22.7 Å². The molecule has 1 heterocycles. The fourth-order valence-electron chi connectivity index (χ4n) is 1.26. The molecule has 0 spiro atoms. The molecule has 2 rings (SSSR count).